The molecule has 3 N–H and O–H groups in total. The van der Waals surface area contributed by atoms with Crippen molar-refractivity contribution >= 4 is 23.5 Å². The SMILES string of the molecule is Cc1cccc(-n2nnc(C(=O)Nc3cccc(C4(C)NC(=O)NC4=O)c3)c2C)c1. The number of hydrogen-bond donors (Lipinski definition) is 3. The second-order valence-electron chi connectivity index (χ2n) is 7.34. The van der Waals surface area contributed by atoms with Crippen LogP contribution >= 0.6 is 0 Å². The number of carbonyl (C=O) groups is 3. The minimum atomic E-state index is -1.21. The molecule has 9 heteroatoms. The van der Waals surface area contributed by atoms with E-state index in [1.54, 1.807) is 42.8 Å². The molecule has 9 nitrogen and oxygen atoms in total. The van der Waals surface area contributed by atoms with Crippen LogP contribution in [0.2, 0.25) is 0 Å². The Labute approximate surface area is 172 Å². The molecule has 1 fully saturated rings. The molecule has 2 heterocycles. The van der Waals surface area contributed by atoms with Gasteiger partial charge in [-0.15, -0.1) is 5.10 Å². The van der Waals surface area contributed by atoms with Gasteiger partial charge in [0, 0.05) is 5.69 Å². The summed E-state index contributed by atoms with van der Waals surface area (Å²) in [6.07, 6.45) is 0. The summed E-state index contributed by atoms with van der Waals surface area (Å²) in [6, 6.07) is 13.9. The third kappa shape index (κ3) is 3.30. The van der Waals surface area contributed by atoms with Crippen molar-refractivity contribution in [1.29, 1.82) is 0 Å². The van der Waals surface area contributed by atoms with E-state index >= 15 is 0 Å². The molecule has 1 aromatic heterocycles. The first-order valence-corrected chi connectivity index (χ1v) is 9.33. The molecule has 0 radical (unpaired) electrons. The first-order chi connectivity index (χ1) is 14.3. The van der Waals surface area contributed by atoms with Gasteiger partial charge < -0.3 is 10.6 Å². The summed E-state index contributed by atoms with van der Waals surface area (Å²) in [5.41, 5.74) is 2.49. The summed E-state index contributed by atoms with van der Waals surface area (Å²) in [4.78, 5) is 36.5. The van der Waals surface area contributed by atoms with Crippen LogP contribution in [-0.4, -0.2) is 32.8 Å². The molecule has 4 amide bonds. The van der Waals surface area contributed by atoms with Gasteiger partial charge in [-0.2, -0.15) is 0 Å². The van der Waals surface area contributed by atoms with Gasteiger partial charge in [0.1, 0.15) is 5.54 Å². The normalized spacial score (nSPS) is 18.1. The largest absolute Gasteiger partial charge is 0.322 e. The smallest absolute Gasteiger partial charge is 0.321 e. The predicted octanol–water partition coefficient (Wildman–Crippen LogP) is 2.19. The summed E-state index contributed by atoms with van der Waals surface area (Å²) >= 11 is 0. The van der Waals surface area contributed by atoms with Gasteiger partial charge in [0.25, 0.3) is 11.8 Å². The molecular weight excluding hydrogens is 384 g/mol. The minimum Gasteiger partial charge on any atom is -0.321 e. The number of aromatic nitrogens is 3. The average Bonchev–Trinajstić information content (AvgIpc) is 3.21. The monoisotopic (exact) mass is 404 g/mol. The molecule has 0 aliphatic carbocycles. The van der Waals surface area contributed by atoms with E-state index in [4.69, 9.17) is 0 Å². The zero-order valence-electron chi connectivity index (χ0n) is 16.7. The highest BCUT2D eigenvalue weighted by atomic mass is 16.2. The van der Waals surface area contributed by atoms with E-state index in [1.807, 2.05) is 31.2 Å². The highest BCUT2D eigenvalue weighted by molar-refractivity contribution is 6.07. The second-order valence-corrected chi connectivity index (χ2v) is 7.34. The number of anilines is 1. The van der Waals surface area contributed by atoms with Crippen LogP contribution in [0.15, 0.2) is 48.5 Å². The molecule has 30 heavy (non-hydrogen) atoms. The molecule has 1 saturated heterocycles. The van der Waals surface area contributed by atoms with Crippen molar-refractivity contribution in [1.82, 2.24) is 25.6 Å². The number of imide groups is 1. The molecule has 2 aromatic carbocycles. The van der Waals surface area contributed by atoms with Crippen LogP contribution in [-0.2, 0) is 10.3 Å². The molecule has 1 aliphatic heterocycles. The number of hydrogen-bond acceptors (Lipinski definition) is 5. The standard InChI is InChI=1S/C21H20N6O3/c1-12-6-4-9-16(10-12)27-13(2)17(25-26-27)18(28)22-15-8-5-7-14(11-15)21(3)19(29)23-20(30)24-21/h4-11H,1-3H3,(H,22,28)(H2,23,24,29,30). The van der Waals surface area contributed by atoms with Crippen LogP contribution < -0.4 is 16.0 Å². The number of benzene rings is 2. The third-order valence-electron chi connectivity index (χ3n) is 5.10. The average molecular weight is 404 g/mol. The van der Waals surface area contributed by atoms with Crippen LogP contribution in [0.25, 0.3) is 5.69 Å². The van der Waals surface area contributed by atoms with Gasteiger partial charge in [0.05, 0.1) is 11.4 Å². The summed E-state index contributed by atoms with van der Waals surface area (Å²) in [5, 5.41) is 15.8. The predicted molar refractivity (Wildman–Crippen MR) is 109 cm³/mol. The van der Waals surface area contributed by atoms with Crippen LogP contribution in [0.1, 0.15) is 34.2 Å². The summed E-state index contributed by atoms with van der Waals surface area (Å²) in [5.74, 6) is -0.874. The van der Waals surface area contributed by atoms with E-state index in [1.165, 1.54) is 0 Å². The maximum atomic E-state index is 12.8. The molecule has 1 unspecified atom stereocenters. The topological polar surface area (TPSA) is 118 Å². The van der Waals surface area contributed by atoms with Crippen LogP contribution in [0.4, 0.5) is 10.5 Å². The molecule has 0 bridgehead atoms. The molecular formula is C21H20N6O3. The van der Waals surface area contributed by atoms with Crippen molar-refractivity contribution in [2.45, 2.75) is 26.3 Å². The molecule has 3 aromatic rings. The highest BCUT2D eigenvalue weighted by Gasteiger charge is 2.43. The van der Waals surface area contributed by atoms with Gasteiger partial charge in [-0.3, -0.25) is 14.9 Å². The minimum absolute atomic E-state index is 0.194. The van der Waals surface area contributed by atoms with Crippen LogP contribution in [0.5, 0.6) is 0 Å². The molecule has 4 rings (SSSR count). The van der Waals surface area contributed by atoms with Gasteiger partial charge in [0.2, 0.25) is 0 Å². The Hall–Kier alpha value is -4.01. The van der Waals surface area contributed by atoms with Crippen molar-refractivity contribution in [3.05, 3.63) is 71.0 Å². The maximum absolute atomic E-state index is 12.8. The van der Waals surface area contributed by atoms with E-state index < -0.39 is 23.4 Å². The van der Waals surface area contributed by atoms with E-state index in [0.717, 1.165) is 11.3 Å². The Kier molecular flexibility index (Phi) is 4.57. The van der Waals surface area contributed by atoms with Crippen molar-refractivity contribution in [2.24, 2.45) is 0 Å². The Bertz CT molecular complexity index is 1180. The van der Waals surface area contributed by atoms with Crippen molar-refractivity contribution in [3.8, 4) is 5.69 Å². The molecule has 0 saturated carbocycles. The van der Waals surface area contributed by atoms with E-state index in [9.17, 15) is 14.4 Å². The van der Waals surface area contributed by atoms with Gasteiger partial charge in [-0.1, -0.05) is 29.5 Å². The van der Waals surface area contributed by atoms with Gasteiger partial charge in [-0.05, 0) is 56.2 Å². The lowest BCUT2D eigenvalue weighted by molar-refractivity contribution is -0.123. The lowest BCUT2D eigenvalue weighted by Gasteiger charge is -2.21. The quantitative estimate of drug-likeness (QED) is 0.576. The molecule has 152 valence electrons. The van der Waals surface area contributed by atoms with Crippen molar-refractivity contribution in [3.63, 3.8) is 0 Å². The van der Waals surface area contributed by atoms with E-state index in [-0.39, 0.29) is 5.69 Å². The Morgan fingerprint density at radius 2 is 1.87 bits per heavy atom. The van der Waals surface area contributed by atoms with E-state index in [2.05, 4.69) is 26.3 Å². The Morgan fingerprint density at radius 3 is 2.57 bits per heavy atom. The first kappa shape index (κ1) is 19.3. The molecule has 1 aliphatic rings. The third-order valence-corrected chi connectivity index (χ3v) is 5.10. The number of amides is 4. The zero-order valence-corrected chi connectivity index (χ0v) is 16.7. The fraction of sp³-hybridized carbons (Fsp3) is 0.190. The van der Waals surface area contributed by atoms with Crippen molar-refractivity contribution < 1.29 is 14.4 Å². The Morgan fingerprint density at radius 1 is 1.10 bits per heavy atom. The van der Waals surface area contributed by atoms with Crippen LogP contribution in [0.3, 0.4) is 0 Å². The zero-order chi connectivity index (χ0) is 21.5. The summed E-state index contributed by atoms with van der Waals surface area (Å²) in [7, 11) is 0. The highest BCUT2D eigenvalue weighted by Crippen LogP contribution is 2.26. The number of nitrogens with zero attached hydrogens (tertiary/aromatic N) is 3. The number of rotatable bonds is 4. The van der Waals surface area contributed by atoms with Crippen molar-refractivity contribution in [2.75, 3.05) is 5.32 Å². The lowest BCUT2D eigenvalue weighted by atomic mass is 9.92. The fourth-order valence-corrected chi connectivity index (χ4v) is 3.39. The van der Waals surface area contributed by atoms with Gasteiger partial charge >= 0.3 is 6.03 Å². The number of carbonyl (C=O) groups excluding carboxylic acids is 3. The number of urea groups is 1. The lowest BCUT2D eigenvalue weighted by Crippen LogP contribution is -2.40. The summed E-state index contributed by atoms with van der Waals surface area (Å²) < 4.78 is 1.61. The van der Waals surface area contributed by atoms with Gasteiger partial charge in [-0.25, -0.2) is 9.48 Å². The first-order valence-electron chi connectivity index (χ1n) is 9.33. The summed E-state index contributed by atoms with van der Waals surface area (Å²) in [6.45, 7) is 5.35. The fourth-order valence-electron chi connectivity index (χ4n) is 3.39. The number of nitrogens with one attached hydrogen (secondary N) is 3. The van der Waals surface area contributed by atoms with Crippen LogP contribution in [0, 0.1) is 13.8 Å². The molecule has 0 spiro atoms. The molecule has 1 atom stereocenters. The maximum Gasteiger partial charge on any atom is 0.322 e. The van der Waals surface area contributed by atoms with E-state index in [0.29, 0.717) is 16.9 Å². The van der Waals surface area contributed by atoms with Gasteiger partial charge in [0.15, 0.2) is 5.69 Å². The number of aryl methyl sites for hydroxylation is 1. The second kappa shape index (κ2) is 7.11. The Balaban J connectivity index is 1.58.